The molecule has 1 heterocycles. The van der Waals surface area contributed by atoms with Gasteiger partial charge in [0.1, 0.15) is 0 Å². The number of carbonyl (C=O) groups is 1. The van der Waals surface area contributed by atoms with E-state index in [9.17, 15) is 9.90 Å². The van der Waals surface area contributed by atoms with E-state index in [4.69, 9.17) is 4.74 Å². The van der Waals surface area contributed by atoms with Crippen LogP contribution in [0.5, 0.6) is 0 Å². The van der Waals surface area contributed by atoms with E-state index in [1.54, 1.807) is 11.6 Å². The lowest BCUT2D eigenvalue weighted by atomic mass is 9.92. The number of esters is 1. The summed E-state index contributed by atoms with van der Waals surface area (Å²) in [5.41, 5.74) is 0.0583. The first-order valence-corrected chi connectivity index (χ1v) is 6.56. The molecule has 1 atom stereocenters. The molecule has 1 aromatic heterocycles. The van der Waals surface area contributed by atoms with Crippen molar-refractivity contribution in [3.63, 3.8) is 0 Å². The molecule has 0 saturated heterocycles. The fourth-order valence-electron chi connectivity index (χ4n) is 1.69. The van der Waals surface area contributed by atoms with Crippen molar-refractivity contribution in [3.8, 4) is 0 Å². The minimum atomic E-state index is -0.899. The Labute approximate surface area is 113 Å². The Balaban J connectivity index is 3.08. The third-order valence-electron chi connectivity index (χ3n) is 3.42. The molecule has 1 N–H and O–H groups in total. The van der Waals surface area contributed by atoms with Gasteiger partial charge in [-0.3, -0.25) is 0 Å². The molecule has 0 amide bonds. The molecule has 6 heteroatoms. The highest BCUT2D eigenvalue weighted by molar-refractivity contribution is 5.88. The molecule has 0 spiro atoms. The minimum absolute atomic E-state index is 0.0766. The van der Waals surface area contributed by atoms with Crippen molar-refractivity contribution in [1.29, 1.82) is 0 Å². The summed E-state index contributed by atoms with van der Waals surface area (Å²) in [5.74, 6) is -0.411. The van der Waals surface area contributed by atoms with Crippen molar-refractivity contribution in [2.45, 2.75) is 52.7 Å². The molecule has 0 aliphatic carbocycles. The van der Waals surface area contributed by atoms with E-state index < -0.39 is 11.6 Å². The Kier molecular flexibility index (Phi) is 5.05. The van der Waals surface area contributed by atoms with Gasteiger partial charge in [-0.25, -0.2) is 9.48 Å². The van der Waals surface area contributed by atoms with Crippen LogP contribution >= 0.6 is 0 Å². The first-order valence-electron chi connectivity index (χ1n) is 6.56. The maximum atomic E-state index is 11.6. The van der Waals surface area contributed by atoms with Gasteiger partial charge >= 0.3 is 5.97 Å². The monoisotopic (exact) mass is 269 g/mol. The Bertz CT molecular complexity index is 438. The van der Waals surface area contributed by atoms with Crippen LogP contribution in [0.1, 0.15) is 50.3 Å². The zero-order chi connectivity index (χ0) is 14.6. The van der Waals surface area contributed by atoms with E-state index >= 15 is 0 Å². The number of methoxy groups -OCH3 is 1. The molecule has 0 aliphatic heterocycles. The van der Waals surface area contributed by atoms with Gasteiger partial charge < -0.3 is 9.84 Å². The van der Waals surface area contributed by atoms with Gasteiger partial charge in [0.2, 0.25) is 0 Å². The summed E-state index contributed by atoms with van der Waals surface area (Å²) < 4.78 is 6.30. The number of nitrogens with zero attached hydrogens (tertiary/aromatic N) is 3. The first kappa shape index (κ1) is 15.6. The molecule has 6 nitrogen and oxygen atoms in total. The summed E-state index contributed by atoms with van der Waals surface area (Å²) in [5, 5.41) is 18.2. The topological polar surface area (TPSA) is 77.2 Å². The number of aliphatic hydroxyl groups is 1. The van der Waals surface area contributed by atoms with E-state index in [0.717, 1.165) is 12.1 Å². The summed E-state index contributed by atoms with van der Waals surface area (Å²) in [4.78, 5) is 11.6. The predicted octanol–water partition coefficient (Wildman–Crippen LogP) is 1.42. The van der Waals surface area contributed by atoms with Gasteiger partial charge in [-0.1, -0.05) is 32.4 Å². The zero-order valence-corrected chi connectivity index (χ0v) is 12.3. The van der Waals surface area contributed by atoms with Gasteiger partial charge in [0.05, 0.1) is 24.9 Å². The molecule has 19 heavy (non-hydrogen) atoms. The highest BCUT2D eigenvalue weighted by Gasteiger charge is 2.29. The van der Waals surface area contributed by atoms with Crippen LogP contribution in [-0.2, 0) is 17.7 Å². The molecule has 0 saturated carbocycles. The second-order valence-corrected chi connectivity index (χ2v) is 5.30. The minimum Gasteiger partial charge on any atom is -0.464 e. The third-order valence-corrected chi connectivity index (χ3v) is 3.42. The molecule has 1 rings (SSSR count). The normalized spacial score (nSPS) is 14.5. The number of aromatic nitrogens is 3. The number of rotatable bonds is 6. The molecular formula is C13H23N3O3. The Morgan fingerprint density at radius 2 is 2.16 bits per heavy atom. The summed E-state index contributed by atoms with van der Waals surface area (Å²) in [6.45, 7) is 7.96. The van der Waals surface area contributed by atoms with E-state index in [1.807, 2.05) is 20.8 Å². The smallest absolute Gasteiger partial charge is 0.360 e. The molecule has 0 bridgehead atoms. The number of ether oxygens (including phenoxy) is 1. The van der Waals surface area contributed by atoms with E-state index in [2.05, 4.69) is 10.3 Å². The fourth-order valence-corrected chi connectivity index (χ4v) is 1.69. The van der Waals surface area contributed by atoms with Crippen molar-refractivity contribution in [3.05, 3.63) is 11.4 Å². The van der Waals surface area contributed by atoms with Crippen LogP contribution in [0.3, 0.4) is 0 Å². The lowest BCUT2D eigenvalue weighted by Gasteiger charge is -2.27. The number of carbonyl (C=O) groups excluding carboxylic acids is 1. The molecule has 0 aromatic carbocycles. The van der Waals surface area contributed by atoms with Crippen molar-refractivity contribution in [2.75, 3.05) is 7.11 Å². The quantitative estimate of drug-likeness (QED) is 0.790. The average Bonchev–Trinajstić information content (AvgIpc) is 2.71. The van der Waals surface area contributed by atoms with Crippen LogP contribution in [0, 0.1) is 5.92 Å². The predicted molar refractivity (Wildman–Crippen MR) is 70.8 cm³/mol. The van der Waals surface area contributed by atoms with Gasteiger partial charge in [-0.2, -0.15) is 0 Å². The Morgan fingerprint density at radius 3 is 2.63 bits per heavy atom. The number of hydrogen-bond acceptors (Lipinski definition) is 5. The van der Waals surface area contributed by atoms with Crippen LogP contribution in [0.4, 0.5) is 0 Å². The SMILES string of the molecule is CCCc1c(C(=O)OC)nnn1CC(C)(O)C(C)C. The van der Waals surface area contributed by atoms with E-state index in [-0.39, 0.29) is 11.6 Å². The fraction of sp³-hybridized carbons (Fsp3) is 0.769. The van der Waals surface area contributed by atoms with Gasteiger partial charge in [-0.05, 0) is 19.3 Å². The zero-order valence-electron chi connectivity index (χ0n) is 12.3. The van der Waals surface area contributed by atoms with Crippen LogP contribution in [-0.4, -0.2) is 38.8 Å². The van der Waals surface area contributed by atoms with Crippen molar-refractivity contribution in [1.82, 2.24) is 15.0 Å². The lowest BCUT2D eigenvalue weighted by molar-refractivity contribution is -0.00684. The molecule has 0 aliphatic rings. The van der Waals surface area contributed by atoms with Gasteiger partial charge in [-0.15, -0.1) is 5.10 Å². The molecule has 0 radical (unpaired) electrons. The van der Waals surface area contributed by atoms with Gasteiger partial charge in [0.15, 0.2) is 5.69 Å². The summed E-state index contributed by atoms with van der Waals surface area (Å²) in [6, 6.07) is 0. The largest absolute Gasteiger partial charge is 0.464 e. The van der Waals surface area contributed by atoms with Crippen LogP contribution in [0.25, 0.3) is 0 Å². The molecule has 108 valence electrons. The van der Waals surface area contributed by atoms with Crippen LogP contribution in [0.15, 0.2) is 0 Å². The molecule has 0 fully saturated rings. The summed E-state index contributed by atoms with van der Waals surface area (Å²) in [7, 11) is 1.32. The van der Waals surface area contributed by atoms with E-state index in [1.165, 1.54) is 7.11 Å². The standard InChI is InChI=1S/C13H23N3O3/c1-6-7-10-11(12(17)19-5)14-15-16(10)8-13(4,18)9(2)3/h9,18H,6-8H2,1-5H3. The molecule has 1 unspecified atom stereocenters. The Hall–Kier alpha value is -1.43. The second kappa shape index (κ2) is 6.14. The average molecular weight is 269 g/mol. The highest BCUT2D eigenvalue weighted by atomic mass is 16.5. The summed E-state index contributed by atoms with van der Waals surface area (Å²) >= 11 is 0. The second-order valence-electron chi connectivity index (χ2n) is 5.30. The van der Waals surface area contributed by atoms with Crippen LogP contribution in [0.2, 0.25) is 0 Å². The van der Waals surface area contributed by atoms with Crippen LogP contribution < -0.4 is 0 Å². The van der Waals surface area contributed by atoms with Crippen molar-refractivity contribution in [2.24, 2.45) is 5.92 Å². The number of hydrogen-bond donors (Lipinski definition) is 1. The third kappa shape index (κ3) is 3.53. The molecular weight excluding hydrogens is 246 g/mol. The lowest BCUT2D eigenvalue weighted by Crippen LogP contribution is -2.37. The molecule has 1 aromatic rings. The van der Waals surface area contributed by atoms with Crippen molar-refractivity contribution < 1.29 is 14.6 Å². The first-order chi connectivity index (χ1) is 8.83. The van der Waals surface area contributed by atoms with Gasteiger partial charge in [0.25, 0.3) is 0 Å². The maximum Gasteiger partial charge on any atom is 0.360 e. The summed E-state index contributed by atoms with van der Waals surface area (Å²) in [6.07, 6.45) is 1.53. The Morgan fingerprint density at radius 1 is 1.53 bits per heavy atom. The maximum absolute atomic E-state index is 11.6. The van der Waals surface area contributed by atoms with E-state index in [0.29, 0.717) is 13.0 Å². The van der Waals surface area contributed by atoms with Gasteiger partial charge in [0, 0.05) is 0 Å². The highest BCUT2D eigenvalue weighted by Crippen LogP contribution is 2.20. The van der Waals surface area contributed by atoms with Crippen molar-refractivity contribution >= 4 is 5.97 Å².